The van der Waals surface area contributed by atoms with Crippen molar-refractivity contribution >= 4 is 0 Å². The Hall–Kier alpha value is -0.120. The number of rotatable bonds is 6. The van der Waals surface area contributed by atoms with Crippen molar-refractivity contribution in [3.63, 3.8) is 0 Å². The molecule has 1 rings (SSSR count). The second-order valence-electron chi connectivity index (χ2n) is 4.75. The van der Waals surface area contributed by atoms with E-state index in [0.717, 1.165) is 18.8 Å². The Balaban J connectivity index is 2.11. The molecule has 0 aliphatic carbocycles. The number of unbranched alkanes of at least 4 members (excludes halogenated alkanes) is 2. The zero-order valence-electron chi connectivity index (χ0n) is 10.2. The van der Waals surface area contributed by atoms with Crippen LogP contribution in [0.15, 0.2) is 0 Å². The maximum absolute atomic E-state index is 8.69. The van der Waals surface area contributed by atoms with Crippen molar-refractivity contribution < 1.29 is 5.11 Å². The van der Waals surface area contributed by atoms with Crippen LogP contribution >= 0.6 is 0 Å². The Morgan fingerprint density at radius 3 is 2.73 bits per heavy atom. The number of likely N-dealkylation sites (tertiary alicyclic amines) is 1. The van der Waals surface area contributed by atoms with Crippen molar-refractivity contribution in [3.05, 3.63) is 0 Å². The molecule has 0 aromatic heterocycles. The van der Waals surface area contributed by atoms with Gasteiger partial charge in [0.25, 0.3) is 0 Å². The Morgan fingerprint density at radius 2 is 2.13 bits per heavy atom. The molecule has 0 spiro atoms. The molecule has 15 heavy (non-hydrogen) atoms. The maximum atomic E-state index is 8.69. The van der Waals surface area contributed by atoms with E-state index in [1.165, 1.54) is 32.5 Å². The molecule has 1 fully saturated rings. The molecule has 0 aromatic rings. The lowest BCUT2D eigenvalue weighted by molar-refractivity contribution is 0.148. The van der Waals surface area contributed by atoms with Gasteiger partial charge >= 0.3 is 0 Å². The number of hydrogen-bond acceptors (Lipinski definition) is 3. The molecule has 3 heteroatoms. The molecule has 0 bridgehead atoms. The highest BCUT2D eigenvalue weighted by molar-refractivity contribution is 4.81. The first-order valence-corrected chi connectivity index (χ1v) is 6.28. The summed E-state index contributed by atoms with van der Waals surface area (Å²) in [6, 6.07) is 0.707. The summed E-state index contributed by atoms with van der Waals surface area (Å²) in [5, 5.41) is 12.1. The molecule has 1 aliphatic rings. The van der Waals surface area contributed by atoms with Crippen LogP contribution in [-0.2, 0) is 0 Å². The molecule has 0 saturated carbocycles. The van der Waals surface area contributed by atoms with E-state index in [0.29, 0.717) is 12.6 Å². The van der Waals surface area contributed by atoms with Crippen molar-refractivity contribution in [1.82, 2.24) is 10.2 Å². The van der Waals surface area contributed by atoms with Crippen LogP contribution in [0.5, 0.6) is 0 Å². The average molecular weight is 214 g/mol. The van der Waals surface area contributed by atoms with Gasteiger partial charge in [0.2, 0.25) is 0 Å². The number of nitrogens with one attached hydrogen (secondary N) is 1. The van der Waals surface area contributed by atoms with E-state index < -0.39 is 0 Å². The third kappa shape index (κ3) is 4.49. The van der Waals surface area contributed by atoms with Gasteiger partial charge in [-0.25, -0.2) is 0 Å². The van der Waals surface area contributed by atoms with Crippen LogP contribution < -0.4 is 5.32 Å². The Labute approximate surface area is 93.9 Å². The minimum atomic E-state index is 0.345. The van der Waals surface area contributed by atoms with Gasteiger partial charge in [0.1, 0.15) is 0 Å². The van der Waals surface area contributed by atoms with E-state index in [2.05, 4.69) is 24.2 Å². The fraction of sp³-hybridized carbons (Fsp3) is 1.00. The average Bonchev–Trinajstić information content (AvgIpc) is 2.25. The number of aliphatic hydroxyl groups excluding tert-OH is 1. The fourth-order valence-corrected chi connectivity index (χ4v) is 2.49. The van der Waals surface area contributed by atoms with Gasteiger partial charge in [0.15, 0.2) is 0 Å². The first-order chi connectivity index (χ1) is 7.27. The second kappa shape index (κ2) is 7.20. The van der Waals surface area contributed by atoms with Crippen LogP contribution in [0, 0.1) is 5.92 Å². The minimum Gasteiger partial charge on any atom is -0.396 e. The zero-order chi connectivity index (χ0) is 11.1. The molecule has 2 N–H and O–H groups in total. The van der Waals surface area contributed by atoms with Crippen molar-refractivity contribution in [2.45, 2.75) is 38.6 Å². The number of hydrogen-bond donors (Lipinski definition) is 2. The van der Waals surface area contributed by atoms with Crippen molar-refractivity contribution in [2.75, 3.05) is 33.3 Å². The molecule has 1 saturated heterocycles. The van der Waals surface area contributed by atoms with E-state index in [-0.39, 0.29) is 0 Å². The summed E-state index contributed by atoms with van der Waals surface area (Å²) < 4.78 is 0. The molecular weight excluding hydrogens is 188 g/mol. The molecule has 2 unspecified atom stereocenters. The third-order valence-corrected chi connectivity index (χ3v) is 3.49. The lowest BCUT2D eigenvalue weighted by atomic mass is 9.94. The predicted octanol–water partition coefficient (Wildman–Crippen LogP) is 1.08. The standard InChI is InChI=1S/C12H26N2O/c1-11-10-14(7-4-3-5-9-15)8-6-12(11)13-2/h11-13,15H,3-10H2,1-2H3. The Bertz CT molecular complexity index is 164. The molecule has 1 heterocycles. The normalized spacial score (nSPS) is 28.2. The monoisotopic (exact) mass is 214 g/mol. The maximum Gasteiger partial charge on any atom is 0.0431 e. The molecular formula is C12H26N2O. The van der Waals surface area contributed by atoms with Crippen LogP contribution in [0.25, 0.3) is 0 Å². The summed E-state index contributed by atoms with van der Waals surface area (Å²) >= 11 is 0. The Morgan fingerprint density at radius 1 is 1.33 bits per heavy atom. The zero-order valence-corrected chi connectivity index (χ0v) is 10.2. The predicted molar refractivity (Wildman–Crippen MR) is 64.0 cm³/mol. The van der Waals surface area contributed by atoms with Crippen LogP contribution in [0.2, 0.25) is 0 Å². The van der Waals surface area contributed by atoms with E-state index in [1.807, 2.05) is 0 Å². The molecule has 2 atom stereocenters. The summed E-state index contributed by atoms with van der Waals surface area (Å²) in [7, 11) is 2.07. The van der Waals surface area contributed by atoms with Crippen molar-refractivity contribution in [1.29, 1.82) is 0 Å². The molecule has 0 radical (unpaired) electrons. The topological polar surface area (TPSA) is 35.5 Å². The lowest BCUT2D eigenvalue weighted by Crippen LogP contribution is -2.47. The van der Waals surface area contributed by atoms with E-state index in [4.69, 9.17) is 5.11 Å². The number of nitrogens with zero attached hydrogens (tertiary/aromatic N) is 1. The quantitative estimate of drug-likeness (QED) is 0.650. The van der Waals surface area contributed by atoms with Crippen LogP contribution in [0.1, 0.15) is 32.6 Å². The van der Waals surface area contributed by atoms with Gasteiger partial charge in [-0.2, -0.15) is 0 Å². The Kier molecular flexibility index (Phi) is 6.22. The highest BCUT2D eigenvalue weighted by Gasteiger charge is 2.23. The molecule has 1 aliphatic heterocycles. The molecule has 0 aromatic carbocycles. The lowest BCUT2D eigenvalue weighted by Gasteiger charge is -2.36. The van der Waals surface area contributed by atoms with Gasteiger partial charge < -0.3 is 15.3 Å². The van der Waals surface area contributed by atoms with Gasteiger partial charge in [0, 0.05) is 19.2 Å². The van der Waals surface area contributed by atoms with Gasteiger partial charge in [-0.05, 0) is 51.7 Å². The molecule has 90 valence electrons. The summed E-state index contributed by atoms with van der Waals surface area (Å²) in [5.74, 6) is 0.765. The second-order valence-corrected chi connectivity index (χ2v) is 4.75. The van der Waals surface area contributed by atoms with Crippen LogP contribution in [0.3, 0.4) is 0 Å². The molecule has 0 amide bonds. The third-order valence-electron chi connectivity index (χ3n) is 3.49. The molecule has 3 nitrogen and oxygen atoms in total. The summed E-state index contributed by atoms with van der Waals surface area (Å²) in [6.45, 7) is 6.35. The van der Waals surface area contributed by atoms with Crippen LogP contribution in [-0.4, -0.2) is 49.3 Å². The first kappa shape index (κ1) is 12.9. The minimum absolute atomic E-state index is 0.345. The van der Waals surface area contributed by atoms with Crippen LogP contribution in [0.4, 0.5) is 0 Å². The van der Waals surface area contributed by atoms with E-state index in [1.54, 1.807) is 0 Å². The first-order valence-electron chi connectivity index (χ1n) is 6.28. The highest BCUT2D eigenvalue weighted by Crippen LogP contribution is 2.16. The highest BCUT2D eigenvalue weighted by atomic mass is 16.2. The van der Waals surface area contributed by atoms with Crippen molar-refractivity contribution in [3.8, 4) is 0 Å². The summed E-state index contributed by atoms with van der Waals surface area (Å²) in [5.41, 5.74) is 0. The van der Waals surface area contributed by atoms with Crippen molar-refractivity contribution in [2.24, 2.45) is 5.92 Å². The smallest absolute Gasteiger partial charge is 0.0431 e. The summed E-state index contributed by atoms with van der Waals surface area (Å²) in [4.78, 5) is 2.57. The fourth-order valence-electron chi connectivity index (χ4n) is 2.49. The van der Waals surface area contributed by atoms with Gasteiger partial charge in [-0.15, -0.1) is 0 Å². The van der Waals surface area contributed by atoms with E-state index in [9.17, 15) is 0 Å². The number of aliphatic hydroxyl groups is 1. The SMILES string of the molecule is CNC1CCN(CCCCCO)CC1C. The van der Waals surface area contributed by atoms with Gasteiger partial charge in [-0.3, -0.25) is 0 Å². The largest absolute Gasteiger partial charge is 0.396 e. The number of piperidine rings is 1. The summed E-state index contributed by atoms with van der Waals surface area (Å²) in [6.07, 6.45) is 4.63. The van der Waals surface area contributed by atoms with Gasteiger partial charge in [-0.1, -0.05) is 6.92 Å². The van der Waals surface area contributed by atoms with Gasteiger partial charge in [0.05, 0.1) is 0 Å². The van der Waals surface area contributed by atoms with E-state index >= 15 is 0 Å².